The van der Waals surface area contributed by atoms with Gasteiger partial charge in [0.2, 0.25) is 0 Å². The van der Waals surface area contributed by atoms with Gasteiger partial charge in [-0.1, -0.05) is 103 Å². The Kier molecular flexibility index (Phi) is 3.82. The highest BCUT2D eigenvalue weighted by Gasteiger charge is 2.27. The molecule has 2 aromatic heterocycles. The summed E-state index contributed by atoms with van der Waals surface area (Å²) >= 11 is 0. The number of fused-ring (bicyclic) bond motifs is 12. The molecular weight excluding hydrogens is 460 g/mol. The van der Waals surface area contributed by atoms with Crippen LogP contribution < -0.4 is 0 Å². The van der Waals surface area contributed by atoms with Crippen molar-refractivity contribution in [3.63, 3.8) is 0 Å². The summed E-state index contributed by atoms with van der Waals surface area (Å²) < 4.78 is 4.94. The minimum absolute atomic E-state index is 1.18. The van der Waals surface area contributed by atoms with Crippen LogP contribution in [0.15, 0.2) is 133 Å². The van der Waals surface area contributed by atoms with Crippen LogP contribution in [0.1, 0.15) is 0 Å². The molecule has 8 aromatic rings. The predicted molar refractivity (Wildman–Crippen MR) is 160 cm³/mol. The van der Waals surface area contributed by atoms with Gasteiger partial charge in [0.15, 0.2) is 0 Å². The molecular formula is C36H22N2. The van der Waals surface area contributed by atoms with Gasteiger partial charge in [0, 0.05) is 43.9 Å². The molecule has 38 heavy (non-hydrogen) atoms. The first-order valence-electron chi connectivity index (χ1n) is 13.1. The Labute approximate surface area is 219 Å². The summed E-state index contributed by atoms with van der Waals surface area (Å²) in [4.78, 5) is 0. The Hall–Kier alpha value is -5.08. The van der Waals surface area contributed by atoms with Gasteiger partial charge < -0.3 is 9.13 Å². The molecule has 0 amide bonds. The first kappa shape index (κ1) is 20.0. The highest BCUT2D eigenvalue weighted by Crippen LogP contribution is 2.50. The minimum atomic E-state index is 1.18. The third-order valence-corrected chi connectivity index (χ3v) is 8.25. The van der Waals surface area contributed by atoms with Crippen molar-refractivity contribution in [3.8, 4) is 33.6 Å². The number of hydrogen-bond acceptors (Lipinski definition) is 0. The molecule has 0 saturated carbocycles. The first-order chi connectivity index (χ1) is 18.9. The Morgan fingerprint density at radius 2 is 0.947 bits per heavy atom. The lowest BCUT2D eigenvalue weighted by Crippen LogP contribution is -1.96. The minimum Gasteiger partial charge on any atom is -0.309 e. The zero-order valence-electron chi connectivity index (χ0n) is 20.6. The van der Waals surface area contributed by atoms with Crippen LogP contribution in [0.5, 0.6) is 0 Å². The number of benzene rings is 6. The maximum atomic E-state index is 2.48. The van der Waals surface area contributed by atoms with Crippen LogP contribution in [0, 0.1) is 0 Å². The fourth-order valence-corrected chi connectivity index (χ4v) is 6.77. The largest absolute Gasteiger partial charge is 0.309 e. The third kappa shape index (κ3) is 2.42. The first-order valence-corrected chi connectivity index (χ1v) is 13.1. The van der Waals surface area contributed by atoms with Crippen LogP contribution in [-0.4, -0.2) is 9.13 Å². The van der Waals surface area contributed by atoms with E-state index in [2.05, 4.69) is 143 Å². The molecule has 9 rings (SSSR count). The van der Waals surface area contributed by atoms with E-state index in [0.717, 1.165) is 0 Å². The molecule has 0 fully saturated rings. The second-order valence-corrected chi connectivity index (χ2v) is 10.1. The zero-order chi connectivity index (χ0) is 24.8. The molecule has 0 radical (unpaired) electrons. The highest BCUT2D eigenvalue weighted by atomic mass is 15.0. The molecule has 0 spiro atoms. The molecule has 2 heteroatoms. The normalized spacial score (nSPS) is 12.2. The summed E-state index contributed by atoms with van der Waals surface area (Å²) in [6, 6.07) is 48.7. The van der Waals surface area contributed by atoms with E-state index in [1.54, 1.807) is 0 Å². The van der Waals surface area contributed by atoms with Gasteiger partial charge in [-0.3, -0.25) is 0 Å². The van der Waals surface area contributed by atoms with E-state index in [1.165, 1.54) is 77.2 Å². The quantitative estimate of drug-likeness (QED) is 0.220. The van der Waals surface area contributed by atoms with E-state index < -0.39 is 0 Å². The van der Waals surface area contributed by atoms with Crippen molar-refractivity contribution in [3.05, 3.63) is 133 Å². The lowest BCUT2D eigenvalue weighted by atomic mass is 9.91. The molecule has 0 saturated heterocycles. The van der Waals surface area contributed by atoms with Crippen molar-refractivity contribution in [2.75, 3.05) is 0 Å². The number of hydrogen-bond donors (Lipinski definition) is 0. The van der Waals surface area contributed by atoms with Crippen molar-refractivity contribution in [1.82, 2.24) is 9.13 Å². The number of nitrogens with zero attached hydrogens (tertiary/aromatic N) is 2. The van der Waals surface area contributed by atoms with E-state index in [1.807, 2.05) is 0 Å². The van der Waals surface area contributed by atoms with Gasteiger partial charge in [-0.25, -0.2) is 0 Å². The van der Waals surface area contributed by atoms with Crippen LogP contribution in [0.25, 0.3) is 77.2 Å². The third-order valence-electron chi connectivity index (χ3n) is 8.25. The van der Waals surface area contributed by atoms with Crippen molar-refractivity contribution in [2.45, 2.75) is 0 Å². The molecule has 3 heterocycles. The summed E-state index contributed by atoms with van der Waals surface area (Å²) in [5, 5.41) is 5.14. The van der Waals surface area contributed by atoms with Crippen molar-refractivity contribution in [1.29, 1.82) is 0 Å². The molecule has 1 aliphatic rings. The molecule has 1 aliphatic heterocycles. The van der Waals surface area contributed by atoms with E-state index in [-0.39, 0.29) is 0 Å². The van der Waals surface area contributed by atoms with Gasteiger partial charge in [0.1, 0.15) is 0 Å². The fraction of sp³-hybridized carbons (Fsp3) is 0. The summed E-state index contributed by atoms with van der Waals surface area (Å²) in [7, 11) is 0. The zero-order valence-corrected chi connectivity index (χ0v) is 20.6. The average Bonchev–Trinajstić information content (AvgIpc) is 3.46. The van der Waals surface area contributed by atoms with Crippen LogP contribution >= 0.6 is 0 Å². The van der Waals surface area contributed by atoms with Gasteiger partial charge in [-0.05, 0) is 35.9 Å². The maximum absolute atomic E-state index is 2.48. The smallest absolute Gasteiger partial charge is 0.0626 e. The van der Waals surface area contributed by atoms with Crippen LogP contribution in [0.4, 0.5) is 0 Å². The van der Waals surface area contributed by atoms with Crippen molar-refractivity contribution in [2.24, 2.45) is 0 Å². The molecule has 0 unspecified atom stereocenters. The Bertz CT molecular complexity index is 2230. The van der Waals surface area contributed by atoms with Crippen molar-refractivity contribution < 1.29 is 0 Å². The number of rotatable bonds is 1. The molecule has 0 aliphatic carbocycles. The van der Waals surface area contributed by atoms with Gasteiger partial charge in [-0.2, -0.15) is 0 Å². The standard InChI is InChI=1S/C36H22N2/c1-2-11-23(12-3-1)37-31-18-7-5-15-26(31)29-22-21-27-24-13-4-8-19-32(24)38-33-20-9-6-14-25(33)28-16-10-17-30(35(28)38)34(27)36(29)37/h1-22H. The molecule has 2 nitrogen and oxygen atoms in total. The highest BCUT2D eigenvalue weighted by molar-refractivity contribution is 6.22. The number of para-hydroxylation sites is 5. The van der Waals surface area contributed by atoms with E-state index in [0.29, 0.717) is 0 Å². The van der Waals surface area contributed by atoms with Gasteiger partial charge in [0.05, 0.1) is 27.8 Å². The van der Waals surface area contributed by atoms with E-state index in [9.17, 15) is 0 Å². The lowest BCUT2D eigenvalue weighted by molar-refractivity contribution is 1.18. The summed E-state index contributed by atoms with van der Waals surface area (Å²) in [5.74, 6) is 0. The maximum Gasteiger partial charge on any atom is 0.0626 e. The Morgan fingerprint density at radius 3 is 1.76 bits per heavy atom. The average molecular weight is 483 g/mol. The van der Waals surface area contributed by atoms with Crippen LogP contribution in [-0.2, 0) is 0 Å². The van der Waals surface area contributed by atoms with Gasteiger partial charge in [-0.15, -0.1) is 0 Å². The fourth-order valence-electron chi connectivity index (χ4n) is 6.77. The van der Waals surface area contributed by atoms with Crippen LogP contribution in [0.2, 0.25) is 0 Å². The number of aromatic nitrogens is 2. The molecule has 176 valence electrons. The summed E-state index contributed by atoms with van der Waals surface area (Å²) in [5.41, 5.74) is 12.5. The molecule has 6 aromatic carbocycles. The SMILES string of the molecule is c1ccc(-n2c3ccccc3c3ccc4c(c32)-c2cccc3c5ccccc5n(c23)-c2ccccc2-4)cc1. The van der Waals surface area contributed by atoms with Gasteiger partial charge in [0.25, 0.3) is 0 Å². The molecule has 0 atom stereocenters. The lowest BCUT2D eigenvalue weighted by Gasteiger charge is -2.15. The van der Waals surface area contributed by atoms with E-state index in [4.69, 9.17) is 0 Å². The van der Waals surface area contributed by atoms with Crippen molar-refractivity contribution >= 4 is 43.6 Å². The Balaban J connectivity index is 1.60. The predicted octanol–water partition coefficient (Wildman–Crippen LogP) is 9.53. The summed E-state index contributed by atoms with van der Waals surface area (Å²) in [6.07, 6.45) is 0. The van der Waals surface area contributed by atoms with Crippen LogP contribution in [0.3, 0.4) is 0 Å². The van der Waals surface area contributed by atoms with E-state index >= 15 is 0 Å². The topological polar surface area (TPSA) is 9.86 Å². The van der Waals surface area contributed by atoms with Gasteiger partial charge >= 0.3 is 0 Å². The molecule has 0 N–H and O–H groups in total. The second kappa shape index (κ2) is 7.24. The molecule has 0 bridgehead atoms. The Morgan fingerprint density at radius 1 is 0.342 bits per heavy atom. The summed E-state index contributed by atoms with van der Waals surface area (Å²) in [6.45, 7) is 0. The monoisotopic (exact) mass is 482 g/mol. The second-order valence-electron chi connectivity index (χ2n) is 10.1.